The van der Waals surface area contributed by atoms with E-state index in [2.05, 4.69) is 24.3 Å². The first kappa shape index (κ1) is 14.6. The normalized spacial score (nSPS) is 12.6. The molecule has 0 radical (unpaired) electrons. The van der Waals surface area contributed by atoms with Gasteiger partial charge in [-0.3, -0.25) is 10.0 Å². The van der Waals surface area contributed by atoms with Crippen molar-refractivity contribution in [2.45, 2.75) is 25.9 Å². The van der Waals surface area contributed by atoms with E-state index in [1.165, 1.54) is 23.7 Å². The van der Waals surface area contributed by atoms with Crippen molar-refractivity contribution in [3.05, 3.63) is 64.7 Å². The maximum Gasteiger partial charge on any atom is 0.245 e. The highest BCUT2D eigenvalue weighted by Crippen LogP contribution is 2.29. The molecular formula is C18H19NO3. The predicted octanol–water partition coefficient (Wildman–Crippen LogP) is 2.95. The van der Waals surface area contributed by atoms with Crippen LogP contribution in [0.15, 0.2) is 42.5 Å². The van der Waals surface area contributed by atoms with E-state index >= 15 is 0 Å². The van der Waals surface area contributed by atoms with E-state index in [0.717, 1.165) is 17.7 Å². The van der Waals surface area contributed by atoms with E-state index in [1.807, 2.05) is 18.2 Å². The SMILES string of the molecule is CN(O)C(=O)CCc1ccc2c(c1)OCc1ccccc1C2. The van der Waals surface area contributed by atoms with Crippen LogP contribution in [-0.4, -0.2) is 23.2 Å². The number of nitrogens with zero attached hydrogens (tertiary/aromatic N) is 1. The fourth-order valence-corrected chi connectivity index (χ4v) is 2.68. The lowest BCUT2D eigenvalue weighted by atomic mass is 9.99. The smallest absolute Gasteiger partial charge is 0.245 e. The number of carbonyl (C=O) groups excluding carboxylic acids is 1. The van der Waals surface area contributed by atoms with Gasteiger partial charge in [-0.2, -0.15) is 0 Å². The minimum absolute atomic E-state index is 0.284. The van der Waals surface area contributed by atoms with Crippen LogP contribution in [0, 0.1) is 0 Å². The number of hydrogen-bond acceptors (Lipinski definition) is 3. The molecule has 1 N–H and O–H groups in total. The van der Waals surface area contributed by atoms with Gasteiger partial charge < -0.3 is 4.74 Å². The van der Waals surface area contributed by atoms with Crippen LogP contribution in [-0.2, 0) is 24.2 Å². The summed E-state index contributed by atoms with van der Waals surface area (Å²) in [6.07, 6.45) is 1.74. The summed E-state index contributed by atoms with van der Waals surface area (Å²) in [7, 11) is 1.35. The molecule has 0 fully saturated rings. The number of rotatable bonds is 3. The first-order chi connectivity index (χ1) is 10.6. The Morgan fingerprint density at radius 1 is 1.18 bits per heavy atom. The van der Waals surface area contributed by atoms with Crippen molar-refractivity contribution >= 4 is 5.91 Å². The van der Waals surface area contributed by atoms with Gasteiger partial charge in [-0.05, 0) is 34.7 Å². The molecule has 1 amide bonds. The fourth-order valence-electron chi connectivity index (χ4n) is 2.68. The number of hydroxylamine groups is 2. The summed E-state index contributed by atoms with van der Waals surface area (Å²) in [4.78, 5) is 11.5. The van der Waals surface area contributed by atoms with Gasteiger partial charge in [0.1, 0.15) is 12.4 Å². The summed E-state index contributed by atoms with van der Waals surface area (Å²) in [6.45, 7) is 0.574. The second-order valence-corrected chi connectivity index (χ2v) is 5.59. The van der Waals surface area contributed by atoms with E-state index in [1.54, 1.807) is 0 Å². The molecule has 0 aliphatic carbocycles. The molecule has 3 rings (SSSR count). The van der Waals surface area contributed by atoms with Crippen LogP contribution < -0.4 is 4.74 Å². The second kappa shape index (κ2) is 6.20. The third kappa shape index (κ3) is 3.12. The zero-order valence-corrected chi connectivity index (χ0v) is 12.6. The average Bonchev–Trinajstić information content (AvgIpc) is 2.71. The largest absolute Gasteiger partial charge is 0.489 e. The number of aryl methyl sites for hydroxylation is 1. The van der Waals surface area contributed by atoms with Gasteiger partial charge in [0.2, 0.25) is 5.91 Å². The summed E-state index contributed by atoms with van der Waals surface area (Å²) in [5.74, 6) is 0.599. The molecule has 22 heavy (non-hydrogen) atoms. The highest BCUT2D eigenvalue weighted by atomic mass is 16.5. The average molecular weight is 297 g/mol. The summed E-state index contributed by atoms with van der Waals surface area (Å²) in [6, 6.07) is 14.4. The number of ether oxygens (including phenoxy) is 1. The molecule has 4 heteroatoms. The molecule has 0 unspecified atom stereocenters. The van der Waals surface area contributed by atoms with Crippen molar-refractivity contribution < 1.29 is 14.7 Å². The van der Waals surface area contributed by atoms with Crippen molar-refractivity contribution in [3.8, 4) is 5.75 Å². The first-order valence-electron chi connectivity index (χ1n) is 7.40. The lowest BCUT2D eigenvalue weighted by Gasteiger charge is -2.11. The van der Waals surface area contributed by atoms with E-state index in [4.69, 9.17) is 9.94 Å². The van der Waals surface area contributed by atoms with Gasteiger partial charge in [0.05, 0.1) is 0 Å². The van der Waals surface area contributed by atoms with Crippen LogP contribution in [0.1, 0.15) is 28.7 Å². The number of amides is 1. The Hall–Kier alpha value is -2.33. The van der Waals surface area contributed by atoms with Crippen LogP contribution in [0.3, 0.4) is 0 Å². The molecule has 1 aliphatic rings. The Kier molecular flexibility index (Phi) is 4.11. The maximum atomic E-state index is 11.5. The number of hydrogen-bond donors (Lipinski definition) is 1. The Morgan fingerprint density at radius 3 is 2.73 bits per heavy atom. The molecule has 0 bridgehead atoms. The van der Waals surface area contributed by atoms with Crippen molar-refractivity contribution in [3.63, 3.8) is 0 Å². The molecule has 2 aromatic rings. The van der Waals surface area contributed by atoms with Crippen LogP contribution >= 0.6 is 0 Å². The zero-order chi connectivity index (χ0) is 15.5. The van der Waals surface area contributed by atoms with Crippen molar-refractivity contribution in [2.75, 3.05) is 7.05 Å². The lowest BCUT2D eigenvalue weighted by molar-refractivity contribution is -0.159. The fraction of sp³-hybridized carbons (Fsp3) is 0.278. The first-order valence-corrected chi connectivity index (χ1v) is 7.40. The summed E-state index contributed by atoms with van der Waals surface area (Å²) < 4.78 is 5.93. The Bertz CT molecular complexity index is 694. The number of fused-ring (bicyclic) bond motifs is 2. The molecule has 1 heterocycles. The van der Waals surface area contributed by atoms with E-state index in [-0.39, 0.29) is 12.3 Å². The van der Waals surface area contributed by atoms with Crippen molar-refractivity contribution in [1.82, 2.24) is 5.06 Å². The molecule has 0 saturated heterocycles. The van der Waals surface area contributed by atoms with Gasteiger partial charge in [0.15, 0.2) is 0 Å². The number of carbonyl (C=O) groups is 1. The molecule has 0 saturated carbocycles. The van der Waals surface area contributed by atoms with Gasteiger partial charge in [0.25, 0.3) is 0 Å². The monoisotopic (exact) mass is 297 g/mol. The zero-order valence-electron chi connectivity index (χ0n) is 12.6. The second-order valence-electron chi connectivity index (χ2n) is 5.59. The minimum atomic E-state index is -0.289. The molecule has 2 aromatic carbocycles. The van der Waals surface area contributed by atoms with Gasteiger partial charge in [0, 0.05) is 19.9 Å². The van der Waals surface area contributed by atoms with Crippen LogP contribution in [0.2, 0.25) is 0 Å². The highest BCUT2D eigenvalue weighted by molar-refractivity contribution is 5.74. The molecule has 0 spiro atoms. The standard InChI is InChI=1S/C18H19NO3/c1-19(21)18(20)9-7-13-6-8-15-11-14-4-2-3-5-16(14)12-22-17(15)10-13/h2-6,8,10,21H,7,9,11-12H2,1H3. The highest BCUT2D eigenvalue weighted by Gasteiger charge is 2.14. The Morgan fingerprint density at radius 2 is 1.95 bits per heavy atom. The summed E-state index contributed by atoms with van der Waals surface area (Å²) in [5, 5.41) is 9.72. The molecule has 0 aromatic heterocycles. The number of benzene rings is 2. The maximum absolute atomic E-state index is 11.5. The topological polar surface area (TPSA) is 49.8 Å². The summed E-state index contributed by atoms with van der Waals surface area (Å²) >= 11 is 0. The van der Waals surface area contributed by atoms with Gasteiger partial charge in [-0.1, -0.05) is 36.4 Å². The third-order valence-corrected chi connectivity index (χ3v) is 4.00. The quantitative estimate of drug-likeness (QED) is 0.700. The van der Waals surface area contributed by atoms with Crippen LogP contribution in [0.25, 0.3) is 0 Å². The van der Waals surface area contributed by atoms with Gasteiger partial charge >= 0.3 is 0 Å². The van der Waals surface area contributed by atoms with Gasteiger partial charge in [-0.15, -0.1) is 0 Å². The summed E-state index contributed by atoms with van der Waals surface area (Å²) in [5.41, 5.74) is 4.72. The minimum Gasteiger partial charge on any atom is -0.489 e. The van der Waals surface area contributed by atoms with Gasteiger partial charge in [-0.25, -0.2) is 5.06 Å². The van der Waals surface area contributed by atoms with Crippen molar-refractivity contribution in [2.24, 2.45) is 0 Å². The van der Waals surface area contributed by atoms with E-state index in [9.17, 15) is 4.79 Å². The molecule has 114 valence electrons. The Labute approximate surface area is 129 Å². The predicted molar refractivity (Wildman–Crippen MR) is 82.9 cm³/mol. The van der Waals surface area contributed by atoms with E-state index < -0.39 is 0 Å². The third-order valence-electron chi connectivity index (χ3n) is 4.00. The molecule has 0 atom stereocenters. The van der Waals surface area contributed by atoms with Crippen LogP contribution in [0.5, 0.6) is 5.75 Å². The molecule has 1 aliphatic heterocycles. The molecular weight excluding hydrogens is 278 g/mol. The Balaban J connectivity index is 1.76. The molecule has 4 nitrogen and oxygen atoms in total. The van der Waals surface area contributed by atoms with Crippen LogP contribution in [0.4, 0.5) is 0 Å². The lowest BCUT2D eigenvalue weighted by Crippen LogP contribution is -2.22. The van der Waals surface area contributed by atoms with E-state index in [0.29, 0.717) is 18.1 Å². The van der Waals surface area contributed by atoms with Crippen molar-refractivity contribution in [1.29, 1.82) is 0 Å².